The minimum atomic E-state index is -0.201. The number of aliphatic hydroxyl groups excluding tert-OH is 1. The number of aliphatic hydroxyl groups is 1. The van der Waals surface area contributed by atoms with Gasteiger partial charge in [-0.15, -0.1) is 0 Å². The maximum atomic E-state index is 9.77. The fourth-order valence-corrected chi connectivity index (χ4v) is 2.01. The number of hydrogen-bond donors (Lipinski definition) is 1. The predicted octanol–water partition coefficient (Wildman–Crippen LogP) is 1.67. The van der Waals surface area contributed by atoms with Gasteiger partial charge in [-0.3, -0.25) is 4.68 Å². The van der Waals surface area contributed by atoms with Crippen LogP contribution in [0.5, 0.6) is 0 Å². The van der Waals surface area contributed by atoms with E-state index >= 15 is 0 Å². The zero-order valence-corrected chi connectivity index (χ0v) is 7.98. The fourth-order valence-electron chi connectivity index (χ4n) is 2.01. The standard InChI is InChI=1S/C10H16N2O/c1-8-6-11-12(7-8)9-4-2-3-5-10(9)13/h6-7,9-10,13H,2-5H2,1H3/t9?,10-/m0/s1. The third-order valence-electron chi connectivity index (χ3n) is 2.76. The van der Waals surface area contributed by atoms with Crippen LogP contribution in [0.1, 0.15) is 37.3 Å². The highest BCUT2D eigenvalue weighted by Gasteiger charge is 2.24. The maximum Gasteiger partial charge on any atom is 0.0778 e. The molecule has 72 valence electrons. The van der Waals surface area contributed by atoms with E-state index in [1.54, 1.807) is 0 Å². The molecular weight excluding hydrogens is 164 g/mol. The monoisotopic (exact) mass is 180 g/mol. The highest BCUT2D eigenvalue weighted by molar-refractivity contribution is 5.01. The second-order valence-electron chi connectivity index (χ2n) is 3.92. The molecule has 1 unspecified atom stereocenters. The van der Waals surface area contributed by atoms with Crippen molar-refractivity contribution in [3.05, 3.63) is 18.0 Å². The summed E-state index contributed by atoms with van der Waals surface area (Å²) in [6, 6.07) is 0.211. The van der Waals surface area contributed by atoms with Gasteiger partial charge in [-0.25, -0.2) is 0 Å². The molecule has 0 saturated heterocycles. The molecule has 1 aromatic heterocycles. The molecule has 1 aromatic rings. The molecule has 13 heavy (non-hydrogen) atoms. The highest BCUT2D eigenvalue weighted by atomic mass is 16.3. The first-order valence-electron chi connectivity index (χ1n) is 4.96. The van der Waals surface area contributed by atoms with Crippen LogP contribution in [-0.2, 0) is 0 Å². The van der Waals surface area contributed by atoms with E-state index in [4.69, 9.17) is 0 Å². The molecule has 1 aliphatic rings. The molecule has 0 spiro atoms. The molecule has 0 radical (unpaired) electrons. The summed E-state index contributed by atoms with van der Waals surface area (Å²) in [5.74, 6) is 0. The number of hydrogen-bond acceptors (Lipinski definition) is 2. The van der Waals surface area contributed by atoms with Crippen molar-refractivity contribution in [2.75, 3.05) is 0 Å². The molecule has 3 heteroatoms. The van der Waals surface area contributed by atoms with Crippen LogP contribution < -0.4 is 0 Å². The number of aryl methyl sites for hydroxylation is 1. The molecule has 0 aliphatic heterocycles. The van der Waals surface area contributed by atoms with Crippen LogP contribution in [-0.4, -0.2) is 21.0 Å². The highest BCUT2D eigenvalue weighted by Crippen LogP contribution is 2.27. The quantitative estimate of drug-likeness (QED) is 0.713. The van der Waals surface area contributed by atoms with E-state index in [1.807, 2.05) is 24.0 Å². The lowest BCUT2D eigenvalue weighted by molar-refractivity contribution is 0.0694. The number of nitrogens with zero attached hydrogens (tertiary/aromatic N) is 2. The van der Waals surface area contributed by atoms with Crippen LogP contribution in [0.2, 0.25) is 0 Å². The second kappa shape index (κ2) is 3.50. The largest absolute Gasteiger partial charge is 0.391 e. The molecule has 1 heterocycles. The Bertz CT molecular complexity index is 282. The first kappa shape index (κ1) is 8.75. The lowest BCUT2D eigenvalue weighted by Gasteiger charge is -2.27. The fraction of sp³-hybridized carbons (Fsp3) is 0.700. The number of aromatic nitrogens is 2. The Morgan fingerprint density at radius 2 is 2.23 bits per heavy atom. The molecule has 0 bridgehead atoms. The maximum absolute atomic E-state index is 9.77. The van der Waals surface area contributed by atoms with E-state index in [-0.39, 0.29) is 12.1 Å². The molecule has 0 aromatic carbocycles. The minimum absolute atomic E-state index is 0.201. The Labute approximate surface area is 78.4 Å². The van der Waals surface area contributed by atoms with Crippen molar-refractivity contribution in [2.24, 2.45) is 0 Å². The van der Waals surface area contributed by atoms with Gasteiger partial charge in [-0.05, 0) is 25.3 Å². The summed E-state index contributed by atoms with van der Waals surface area (Å²) in [5.41, 5.74) is 1.16. The average Bonchev–Trinajstić information content (AvgIpc) is 2.53. The molecule has 1 saturated carbocycles. The summed E-state index contributed by atoms with van der Waals surface area (Å²) in [7, 11) is 0. The molecule has 3 nitrogen and oxygen atoms in total. The SMILES string of the molecule is Cc1cnn(C2CCCC[C@@H]2O)c1. The molecule has 2 rings (SSSR count). The normalized spacial score (nSPS) is 29.1. The summed E-state index contributed by atoms with van der Waals surface area (Å²) < 4.78 is 1.92. The van der Waals surface area contributed by atoms with Gasteiger partial charge in [0, 0.05) is 6.20 Å². The third-order valence-corrected chi connectivity index (χ3v) is 2.76. The van der Waals surface area contributed by atoms with Gasteiger partial charge >= 0.3 is 0 Å². The summed E-state index contributed by atoms with van der Waals surface area (Å²) >= 11 is 0. The van der Waals surface area contributed by atoms with Gasteiger partial charge in [-0.2, -0.15) is 5.10 Å². The predicted molar refractivity (Wildman–Crippen MR) is 50.5 cm³/mol. The van der Waals surface area contributed by atoms with Crippen LogP contribution in [0.15, 0.2) is 12.4 Å². The molecule has 0 amide bonds. The second-order valence-corrected chi connectivity index (χ2v) is 3.92. The topological polar surface area (TPSA) is 38.0 Å². The molecular formula is C10H16N2O. The Balaban J connectivity index is 2.14. The first-order chi connectivity index (χ1) is 6.27. The molecule has 2 atom stereocenters. The Morgan fingerprint density at radius 3 is 2.85 bits per heavy atom. The molecule has 1 N–H and O–H groups in total. The van der Waals surface area contributed by atoms with Crippen LogP contribution in [0.3, 0.4) is 0 Å². The van der Waals surface area contributed by atoms with Crippen LogP contribution in [0, 0.1) is 6.92 Å². The van der Waals surface area contributed by atoms with Crippen molar-refractivity contribution in [3.8, 4) is 0 Å². The molecule has 1 fully saturated rings. The van der Waals surface area contributed by atoms with Gasteiger partial charge in [0.2, 0.25) is 0 Å². The average molecular weight is 180 g/mol. The van der Waals surface area contributed by atoms with Crippen molar-refractivity contribution in [2.45, 2.75) is 44.8 Å². The van der Waals surface area contributed by atoms with Crippen molar-refractivity contribution >= 4 is 0 Å². The van der Waals surface area contributed by atoms with E-state index < -0.39 is 0 Å². The smallest absolute Gasteiger partial charge is 0.0778 e. The summed E-state index contributed by atoms with van der Waals surface area (Å²) in [6.45, 7) is 2.03. The summed E-state index contributed by atoms with van der Waals surface area (Å²) in [6.07, 6.45) is 8.00. The van der Waals surface area contributed by atoms with Crippen LogP contribution in [0.25, 0.3) is 0 Å². The minimum Gasteiger partial charge on any atom is -0.391 e. The van der Waals surface area contributed by atoms with Crippen LogP contribution in [0.4, 0.5) is 0 Å². The first-order valence-corrected chi connectivity index (χ1v) is 4.96. The Kier molecular flexibility index (Phi) is 2.36. The van der Waals surface area contributed by atoms with E-state index in [0.717, 1.165) is 24.8 Å². The van der Waals surface area contributed by atoms with Gasteiger partial charge in [0.25, 0.3) is 0 Å². The van der Waals surface area contributed by atoms with Crippen molar-refractivity contribution < 1.29 is 5.11 Å². The lowest BCUT2D eigenvalue weighted by atomic mass is 9.93. The van der Waals surface area contributed by atoms with Gasteiger partial charge < -0.3 is 5.11 Å². The third kappa shape index (κ3) is 1.75. The van der Waals surface area contributed by atoms with Gasteiger partial charge in [0.15, 0.2) is 0 Å². The lowest BCUT2D eigenvalue weighted by Crippen LogP contribution is -2.27. The zero-order valence-electron chi connectivity index (χ0n) is 7.98. The summed E-state index contributed by atoms with van der Waals surface area (Å²) in [4.78, 5) is 0. The van der Waals surface area contributed by atoms with E-state index in [0.29, 0.717) is 0 Å². The Hall–Kier alpha value is -0.830. The zero-order chi connectivity index (χ0) is 9.26. The van der Waals surface area contributed by atoms with E-state index in [9.17, 15) is 5.11 Å². The Morgan fingerprint density at radius 1 is 1.46 bits per heavy atom. The van der Waals surface area contributed by atoms with Crippen molar-refractivity contribution in [3.63, 3.8) is 0 Å². The van der Waals surface area contributed by atoms with Crippen molar-refractivity contribution in [1.82, 2.24) is 9.78 Å². The van der Waals surface area contributed by atoms with E-state index in [2.05, 4.69) is 5.10 Å². The molecule has 1 aliphatic carbocycles. The van der Waals surface area contributed by atoms with E-state index in [1.165, 1.54) is 6.42 Å². The number of rotatable bonds is 1. The van der Waals surface area contributed by atoms with Crippen molar-refractivity contribution in [1.29, 1.82) is 0 Å². The van der Waals surface area contributed by atoms with Crippen LogP contribution >= 0.6 is 0 Å². The summed E-state index contributed by atoms with van der Waals surface area (Å²) in [5, 5.41) is 14.0. The van der Waals surface area contributed by atoms with Gasteiger partial charge in [0.1, 0.15) is 0 Å². The van der Waals surface area contributed by atoms with Gasteiger partial charge in [0.05, 0.1) is 18.3 Å². The van der Waals surface area contributed by atoms with Gasteiger partial charge in [-0.1, -0.05) is 12.8 Å².